The first kappa shape index (κ1) is 32.9. The van der Waals surface area contributed by atoms with Gasteiger partial charge in [0, 0.05) is 29.8 Å². The van der Waals surface area contributed by atoms with E-state index in [0.717, 1.165) is 29.7 Å². The minimum Gasteiger partial charge on any atom is -0.206 e. The van der Waals surface area contributed by atoms with Gasteiger partial charge < -0.3 is 0 Å². The summed E-state index contributed by atoms with van der Waals surface area (Å²) in [6.45, 7) is 17.2. The smallest absolute Gasteiger partial charge is 0.206 e. The Morgan fingerprint density at radius 2 is 1.12 bits per heavy atom. The standard InChI is InChI=1S/C18H23FN.C18H24N.CH4/c1-12(2)8-15-6-7-20(5)17(11-15)18-14(4)9-13(3)10-16(18)19;1-13(2)10-16-8-9-19(5)18(12-16)17-7-6-14(3)11-15(17)4;/h6-7,9-12H,8H2,1-5H3;6-9,11-13H,10H2,1-5H3;1H4/q2*+1;. The predicted molar refractivity (Wildman–Crippen MR) is 169 cm³/mol. The van der Waals surface area contributed by atoms with Gasteiger partial charge in [-0.2, -0.15) is 0 Å². The SMILES string of the molecule is C.Cc1cc(C)c(-c2cc(CC(C)C)cc[n+]2C)c(F)c1.Cc1ccc(-c2cc(CC(C)C)cc[n+]2C)c(C)c1. The van der Waals surface area contributed by atoms with E-state index < -0.39 is 0 Å². The third-order valence-corrected chi connectivity index (χ3v) is 7.06. The van der Waals surface area contributed by atoms with E-state index in [2.05, 4.69) is 102 Å². The fraction of sp³-hybridized carbons (Fsp3) is 0.405. The largest absolute Gasteiger partial charge is 0.215 e. The van der Waals surface area contributed by atoms with Gasteiger partial charge in [-0.1, -0.05) is 58.9 Å². The average molecular weight is 543 g/mol. The van der Waals surface area contributed by atoms with Crippen molar-refractivity contribution in [2.45, 2.75) is 75.7 Å². The number of nitrogens with zero attached hydrogens (tertiary/aromatic N) is 2. The molecule has 40 heavy (non-hydrogen) atoms. The van der Waals surface area contributed by atoms with Crippen LogP contribution in [0, 0.1) is 45.3 Å². The lowest BCUT2D eigenvalue weighted by molar-refractivity contribution is -0.660. The summed E-state index contributed by atoms with van der Waals surface area (Å²) < 4.78 is 18.6. The summed E-state index contributed by atoms with van der Waals surface area (Å²) in [5, 5.41) is 0. The van der Waals surface area contributed by atoms with Gasteiger partial charge in [-0.3, -0.25) is 0 Å². The van der Waals surface area contributed by atoms with Crippen molar-refractivity contribution in [3.05, 3.63) is 106 Å². The van der Waals surface area contributed by atoms with Crippen molar-refractivity contribution in [1.29, 1.82) is 0 Å². The van der Waals surface area contributed by atoms with Gasteiger partial charge >= 0.3 is 0 Å². The predicted octanol–water partition coefficient (Wildman–Crippen LogP) is 8.76. The molecule has 2 aromatic heterocycles. The minimum atomic E-state index is -0.139. The summed E-state index contributed by atoms with van der Waals surface area (Å²) >= 11 is 0. The lowest BCUT2D eigenvalue weighted by Gasteiger charge is -2.10. The van der Waals surface area contributed by atoms with E-state index in [1.54, 1.807) is 6.07 Å². The summed E-state index contributed by atoms with van der Waals surface area (Å²) in [4.78, 5) is 0. The van der Waals surface area contributed by atoms with Crippen LogP contribution in [0.15, 0.2) is 67.0 Å². The van der Waals surface area contributed by atoms with Gasteiger partial charge in [0.1, 0.15) is 19.9 Å². The Hall–Kier alpha value is -3.33. The second-order valence-electron chi connectivity index (χ2n) is 12.0. The molecule has 0 N–H and O–H groups in total. The highest BCUT2D eigenvalue weighted by Crippen LogP contribution is 2.26. The molecule has 0 saturated heterocycles. The van der Waals surface area contributed by atoms with E-state index in [4.69, 9.17) is 0 Å². The highest BCUT2D eigenvalue weighted by atomic mass is 19.1. The molecule has 3 heteroatoms. The van der Waals surface area contributed by atoms with Crippen LogP contribution in [0.1, 0.15) is 68.5 Å². The Labute approximate surface area is 243 Å². The van der Waals surface area contributed by atoms with Crippen LogP contribution in [0.5, 0.6) is 0 Å². The molecule has 4 rings (SSSR count). The Morgan fingerprint density at radius 1 is 0.625 bits per heavy atom. The van der Waals surface area contributed by atoms with E-state index in [9.17, 15) is 4.39 Å². The maximum absolute atomic E-state index is 14.4. The normalized spacial score (nSPS) is 10.8. The van der Waals surface area contributed by atoms with Crippen molar-refractivity contribution >= 4 is 0 Å². The Balaban J connectivity index is 0.000000274. The number of pyridine rings is 2. The summed E-state index contributed by atoms with van der Waals surface area (Å²) in [6, 6.07) is 19.1. The zero-order valence-electron chi connectivity index (χ0n) is 25.7. The lowest BCUT2D eigenvalue weighted by Crippen LogP contribution is -2.31. The Bertz CT molecular complexity index is 1410. The molecule has 0 unspecified atom stereocenters. The summed E-state index contributed by atoms with van der Waals surface area (Å²) in [5.41, 5.74) is 11.6. The molecule has 0 radical (unpaired) electrons. The maximum Gasteiger partial charge on any atom is 0.215 e. The minimum absolute atomic E-state index is 0. The van der Waals surface area contributed by atoms with Gasteiger partial charge in [0.25, 0.3) is 0 Å². The van der Waals surface area contributed by atoms with Crippen molar-refractivity contribution in [1.82, 2.24) is 0 Å². The molecule has 0 aliphatic heterocycles. The van der Waals surface area contributed by atoms with Gasteiger partial charge in [0.05, 0.1) is 5.56 Å². The second-order valence-corrected chi connectivity index (χ2v) is 12.0. The van der Waals surface area contributed by atoms with Crippen molar-refractivity contribution in [2.24, 2.45) is 25.9 Å². The average Bonchev–Trinajstić information content (AvgIpc) is 2.82. The zero-order valence-corrected chi connectivity index (χ0v) is 25.7. The summed E-state index contributed by atoms with van der Waals surface area (Å²) in [7, 11) is 4.08. The first-order valence-electron chi connectivity index (χ1n) is 14.2. The van der Waals surface area contributed by atoms with Crippen molar-refractivity contribution in [2.75, 3.05) is 0 Å². The molecular formula is C37H51FN2+2. The topological polar surface area (TPSA) is 7.76 Å². The molecule has 2 nitrogen and oxygen atoms in total. The summed E-state index contributed by atoms with van der Waals surface area (Å²) in [5.74, 6) is 1.15. The van der Waals surface area contributed by atoms with E-state index >= 15 is 0 Å². The van der Waals surface area contributed by atoms with Crippen LogP contribution in [0.4, 0.5) is 4.39 Å². The van der Waals surface area contributed by atoms with E-state index in [1.165, 1.54) is 33.5 Å². The van der Waals surface area contributed by atoms with E-state index in [-0.39, 0.29) is 13.2 Å². The number of benzene rings is 2. The molecule has 214 valence electrons. The van der Waals surface area contributed by atoms with Gasteiger partial charge in [0.2, 0.25) is 11.4 Å². The molecule has 0 fully saturated rings. The molecule has 2 aromatic carbocycles. The monoisotopic (exact) mass is 542 g/mol. The number of aromatic nitrogens is 2. The van der Waals surface area contributed by atoms with Crippen LogP contribution in [0.25, 0.3) is 22.5 Å². The van der Waals surface area contributed by atoms with Crippen molar-refractivity contribution in [3.63, 3.8) is 0 Å². The molecule has 0 amide bonds. The van der Waals surface area contributed by atoms with Crippen molar-refractivity contribution < 1.29 is 13.5 Å². The number of halogens is 1. The second kappa shape index (κ2) is 14.3. The molecule has 0 saturated carbocycles. The fourth-order valence-electron chi connectivity index (χ4n) is 5.28. The highest BCUT2D eigenvalue weighted by molar-refractivity contribution is 5.63. The van der Waals surface area contributed by atoms with Crippen LogP contribution < -0.4 is 9.13 Å². The third kappa shape index (κ3) is 8.58. The molecule has 2 heterocycles. The first-order chi connectivity index (χ1) is 18.3. The molecular weight excluding hydrogens is 491 g/mol. The van der Waals surface area contributed by atoms with Crippen LogP contribution >= 0.6 is 0 Å². The van der Waals surface area contributed by atoms with Crippen LogP contribution in [0.3, 0.4) is 0 Å². The number of hydrogen-bond acceptors (Lipinski definition) is 0. The quantitative estimate of drug-likeness (QED) is 0.215. The van der Waals surface area contributed by atoms with E-state index in [1.807, 2.05) is 37.7 Å². The van der Waals surface area contributed by atoms with Crippen LogP contribution in [-0.2, 0) is 26.9 Å². The van der Waals surface area contributed by atoms with Crippen LogP contribution in [-0.4, -0.2) is 0 Å². The Morgan fingerprint density at radius 3 is 1.62 bits per heavy atom. The maximum atomic E-state index is 14.4. The number of rotatable bonds is 6. The lowest BCUT2D eigenvalue weighted by atomic mass is 9.98. The molecule has 0 atom stereocenters. The number of aryl methyl sites for hydroxylation is 6. The number of hydrogen-bond donors (Lipinski definition) is 0. The third-order valence-electron chi connectivity index (χ3n) is 7.06. The first-order valence-corrected chi connectivity index (χ1v) is 14.2. The van der Waals surface area contributed by atoms with Gasteiger partial charge in [-0.15, -0.1) is 0 Å². The zero-order chi connectivity index (χ0) is 28.9. The van der Waals surface area contributed by atoms with Crippen LogP contribution in [0.2, 0.25) is 0 Å². The highest BCUT2D eigenvalue weighted by Gasteiger charge is 2.19. The van der Waals surface area contributed by atoms with Gasteiger partial charge in [0.15, 0.2) is 12.4 Å². The Kier molecular flexibility index (Phi) is 11.8. The molecule has 0 spiro atoms. The molecule has 0 bridgehead atoms. The van der Waals surface area contributed by atoms with E-state index in [0.29, 0.717) is 17.4 Å². The molecule has 4 aromatic rings. The van der Waals surface area contributed by atoms with Gasteiger partial charge in [-0.05, 0) is 92.3 Å². The van der Waals surface area contributed by atoms with Gasteiger partial charge in [-0.25, -0.2) is 13.5 Å². The molecule has 0 aliphatic rings. The summed E-state index contributed by atoms with van der Waals surface area (Å²) in [6.07, 6.45) is 6.34. The fourth-order valence-corrected chi connectivity index (χ4v) is 5.28. The molecule has 0 aliphatic carbocycles. The van der Waals surface area contributed by atoms with Crippen molar-refractivity contribution in [3.8, 4) is 22.5 Å².